The maximum atomic E-state index is 12.5. The van der Waals surface area contributed by atoms with E-state index < -0.39 is 0 Å². The van der Waals surface area contributed by atoms with Crippen molar-refractivity contribution in [3.63, 3.8) is 0 Å². The molecule has 30 heavy (non-hydrogen) atoms. The van der Waals surface area contributed by atoms with Gasteiger partial charge in [0.15, 0.2) is 11.5 Å². The Bertz CT molecular complexity index is 829. The number of nitrogens with one attached hydrogen (secondary N) is 1. The second-order valence-corrected chi connectivity index (χ2v) is 8.69. The van der Waals surface area contributed by atoms with Crippen molar-refractivity contribution in [2.24, 2.45) is 5.92 Å². The summed E-state index contributed by atoms with van der Waals surface area (Å²) in [6.45, 7) is 0.698. The van der Waals surface area contributed by atoms with Gasteiger partial charge < -0.3 is 14.8 Å². The van der Waals surface area contributed by atoms with Gasteiger partial charge in [0.05, 0.1) is 13.2 Å². The van der Waals surface area contributed by atoms with E-state index in [4.69, 9.17) is 9.47 Å². The van der Waals surface area contributed by atoms with E-state index in [1.807, 2.05) is 12.1 Å². The van der Waals surface area contributed by atoms with Gasteiger partial charge in [0.25, 0.3) is 0 Å². The monoisotopic (exact) mass is 407 g/mol. The highest BCUT2D eigenvalue weighted by Crippen LogP contribution is 2.37. The number of aryl methyl sites for hydroxylation is 1. The van der Waals surface area contributed by atoms with Gasteiger partial charge in [-0.25, -0.2) is 0 Å². The molecule has 2 aromatic rings. The van der Waals surface area contributed by atoms with E-state index in [0.29, 0.717) is 18.6 Å². The predicted molar refractivity (Wildman–Crippen MR) is 119 cm³/mol. The smallest absolute Gasteiger partial charge is 0.223 e. The fourth-order valence-corrected chi connectivity index (χ4v) is 4.83. The van der Waals surface area contributed by atoms with E-state index in [1.54, 1.807) is 7.11 Å². The Morgan fingerprint density at radius 2 is 1.83 bits per heavy atom. The molecule has 0 aromatic heterocycles. The maximum absolute atomic E-state index is 12.5. The minimum absolute atomic E-state index is 0.0776. The van der Waals surface area contributed by atoms with Gasteiger partial charge in [-0.2, -0.15) is 0 Å². The van der Waals surface area contributed by atoms with E-state index in [9.17, 15) is 4.79 Å². The van der Waals surface area contributed by atoms with E-state index in [0.717, 1.165) is 50.0 Å². The lowest BCUT2D eigenvalue weighted by Gasteiger charge is -2.30. The van der Waals surface area contributed by atoms with Gasteiger partial charge >= 0.3 is 0 Å². The van der Waals surface area contributed by atoms with Crippen LogP contribution in [-0.2, 0) is 11.2 Å². The van der Waals surface area contributed by atoms with E-state index >= 15 is 0 Å². The summed E-state index contributed by atoms with van der Waals surface area (Å²) in [6, 6.07) is 16.8. The molecular weight excluding hydrogens is 374 g/mol. The lowest BCUT2D eigenvalue weighted by Crippen LogP contribution is -2.40. The number of benzene rings is 2. The number of hydrogen-bond donors (Lipinski definition) is 1. The number of methoxy groups -OCH3 is 1. The molecule has 4 heteroatoms. The molecule has 0 spiro atoms. The molecule has 1 aliphatic heterocycles. The van der Waals surface area contributed by atoms with Crippen LogP contribution < -0.4 is 14.8 Å². The Labute approximate surface area is 180 Å². The SMILES string of the molecule is COc1ccc([C@H]2CNC(=O)[C@@H](CCCc3ccccc3)C2)cc1OC1CCCC1. The Balaban J connectivity index is 1.39. The Kier molecular flexibility index (Phi) is 6.93. The van der Waals surface area contributed by atoms with Crippen LogP contribution in [-0.4, -0.2) is 25.7 Å². The predicted octanol–water partition coefficient (Wildman–Crippen LogP) is 5.26. The van der Waals surface area contributed by atoms with Gasteiger partial charge in [0.2, 0.25) is 5.91 Å². The molecule has 1 aliphatic carbocycles. The number of rotatable bonds is 8. The maximum Gasteiger partial charge on any atom is 0.223 e. The standard InChI is InChI=1S/C26H33NO3/c1-29-24-15-14-20(17-25(24)30-23-12-5-6-13-23)22-16-21(26(28)27-18-22)11-7-10-19-8-3-2-4-9-19/h2-4,8-9,14-15,17,21-23H,5-7,10-13,16,18H2,1H3,(H,27,28)/t21-,22+/m0/s1. The Morgan fingerprint density at radius 3 is 2.60 bits per heavy atom. The van der Waals surface area contributed by atoms with E-state index in [-0.39, 0.29) is 11.8 Å². The van der Waals surface area contributed by atoms with Gasteiger partial charge in [-0.1, -0.05) is 36.4 Å². The molecule has 0 unspecified atom stereocenters. The molecule has 2 fully saturated rings. The first-order valence-electron chi connectivity index (χ1n) is 11.4. The fourth-order valence-electron chi connectivity index (χ4n) is 4.83. The zero-order valence-electron chi connectivity index (χ0n) is 17.9. The van der Waals surface area contributed by atoms with Crippen LogP contribution in [0.25, 0.3) is 0 Å². The number of ether oxygens (including phenoxy) is 2. The first-order valence-corrected chi connectivity index (χ1v) is 11.4. The number of amides is 1. The molecular formula is C26H33NO3. The highest BCUT2D eigenvalue weighted by atomic mass is 16.5. The molecule has 4 rings (SSSR count). The first-order chi connectivity index (χ1) is 14.7. The van der Waals surface area contributed by atoms with Gasteiger partial charge in [0, 0.05) is 18.4 Å². The van der Waals surface area contributed by atoms with Crippen LogP contribution in [0.3, 0.4) is 0 Å². The molecule has 1 N–H and O–H groups in total. The molecule has 160 valence electrons. The number of hydrogen-bond acceptors (Lipinski definition) is 3. The Morgan fingerprint density at radius 1 is 1.03 bits per heavy atom. The molecule has 1 saturated carbocycles. The van der Waals surface area contributed by atoms with Crippen LogP contribution in [0.2, 0.25) is 0 Å². The summed E-state index contributed by atoms with van der Waals surface area (Å²) in [4.78, 5) is 12.5. The average molecular weight is 408 g/mol. The molecule has 4 nitrogen and oxygen atoms in total. The topological polar surface area (TPSA) is 47.6 Å². The quantitative estimate of drug-likeness (QED) is 0.649. The zero-order valence-corrected chi connectivity index (χ0v) is 17.9. The van der Waals surface area contributed by atoms with Crippen molar-refractivity contribution in [3.8, 4) is 11.5 Å². The summed E-state index contributed by atoms with van der Waals surface area (Å²) in [5, 5.41) is 3.14. The zero-order chi connectivity index (χ0) is 20.8. The van der Waals surface area contributed by atoms with Crippen molar-refractivity contribution < 1.29 is 14.3 Å². The largest absolute Gasteiger partial charge is 0.493 e. The van der Waals surface area contributed by atoms with Crippen molar-refractivity contribution in [2.45, 2.75) is 63.4 Å². The number of carbonyl (C=O) groups is 1. The molecule has 1 amide bonds. The fraction of sp³-hybridized carbons (Fsp3) is 0.500. The van der Waals surface area contributed by atoms with Crippen molar-refractivity contribution >= 4 is 5.91 Å². The number of carbonyl (C=O) groups excluding carboxylic acids is 1. The Hall–Kier alpha value is -2.49. The summed E-state index contributed by atoms with van der Waals surface area (Å²) >= 11 is 0. The lowest BCUT2D eigenvalue weighted by molar-refractivity contribution is -0.127. The molecule has 1 saturated heterocycles. The molecule has 0 bridgehead atoms. The second kappa shape index (κ2) is 10.0. The summed E-state index contributed by atoms with van der Waals surface area (Å²) in [5.74, 6) is 2.25. The summed E-state index contributed by atoms with van der Waals surface area (Å²) in [5.41, 5.74) is 2.57. The number of piperidine rings is 1. The highest BCUT2D eigenvalue weighted by molar-refractivity contribution is 5.79. The summed E-state index contributed by atoms with van der Waals surface area (Å²) in [7, 11) is 1.69. The van der Waals surface area contributed by atoms with Gasteiger partial charge in [-0.15, -0.1) is 0 Å². The summed E-state index contributed by atoms with van der Waals surface area (Å²) in [6.07, 6.45) is 8.91. The molecule has 2 atom stereocenters. The van der Waals surface area contributed by atoms with Crippen LogP contribution in [0.1, 0.15) is 62.0 Å². The van der Waals surface area contributed by atoms with Crippen molar-refractivity contribution in [1.29, 1.82) is 0 Å². The van der Waals surface area contributed by atoms with Gasteiger partial charge in [-0.3, -0.25) is 4.79 Å². The second-order valence-electron chi connectivity index (χ2n) is 8.69. The van der Waals surface area contributed by atoms with E-state index in [1.165, 1.54) is 24.0 Å². The molecule has 1 heterocycles. The van der Waals surface area contributed by atoms with Crippen LogP contribution in [0.4, 0.5) is 0 Å². The van der Waals surface area contributed by atoms with Crippen molar-refractivity contribution in [2.75, 3.05) is 13.7 Å². The molecule has 2 aliphatic rings. The average Bonchev–Trinajstić information content (AvgIpc) is 3.29. The van der Waals surface area contributed by atoms with Gasteiger partial charge in [-0.05, 0) is 74.6 Å². The van der Waals surface area contributed by atoms with Crippen molar-refractivity contribution in [3.05, 3.63) is 59.7 Å². The third-order valence-corrected chi connectivity index (χ3v) is 6.58. The lowest BCUT2D eigenvalue weighted by atomic mass is 9.82. The molecule has 0 radical (unpaired) electrons. The highest BCUT2D eigenvalue weighted by Gasteiger charge is 2.30. The van der Waals surface area contributed by atoms with Crippen LogP contribution in [0.15, 0.2) is 48.5 Å². The van der Waals surface area contributed by atoms with Crippen LogP contribution in [0.5, 0.6) is 11.5 Å². The third kappa shape index (κ3) is 5.16. The molecule has 2 aromatic carbocycles. The minimum Gasteiger partial charge on any atom is -0.493 e. The minimum atomic E-state index is 0.0776. The normalized spacial score (nSPS) is 22.0. The van der Waals surface area contributed by atoms with Gasteiger partial charge in [0.1, 0.15) is 0 Å². The summed E-state index contributed by atoms with van der Waals surface area (Å²) < 4.78 is 11.8. The van der Waals surface area contributed by atoms with Crippen LogP contribution >= 0.6 is 0 Å². The van der Waals surface area contributed by atoms with E-state index in [2.05, 4.69) is 41.7 Å². The van der Waals surface area contributed by atoms with Crippen molar-refractivity contribution in [1.82, 2.24) is 5.32 Å². The first kappa shape index (κ1) is 20.8. The van der Waals surface area contributed by atoms with Crippen LogP contribution in [0, 0.1) is 5.92 Å². The third-order valence-electron chi connectivity index (χ3n) is 6.58.